The summed E-state index contributed by atoms with van der Waals surface area (Å²) in [5, 5.41) is 2.71. The number of rotatable bonds is 4. The monoisotopic (exact) mass is 370 g/mol. The first-order valence-corrected chi connectivity index (χ1v) is 9.64. The highest BCUT2D eigenvalue weighted by Crippen LogP contribution is 2.28. The van der Waals surface area contributed by atoms with Crippen LogP contribution in [-0.2, 0) is 21.1 Å². The molecule has 0 radical (unpaired) electrons. The van der Waals surface area contributed by atoms with E-state index >= 15 is 0 Å². The Morgan fingerprint density at radius 3 is 2.50 bits per heavy atom. The van der Waals surface area contributed by atoms with E-state index in [-0.39, 0.29) is 22.5 Å². The van der Waals surface area contributed by atoms with Gasteiger partial charge >= 0.3 is 0 Å². The van der Waals surface area contributed by atoms with Crippen LogP contribution in [0.5, 0.6) is 0 Å². The molecule has 3 rings (SSSR count). The van der Waals surface area contributed by atoms with E-state index in [0.29, 0.717) is 23.4 Å². The number of benzene rings is 2. The minimum Gasteiger partial charge on any atom is -0.322 e. The van der Waals surface area contributed by atoms with Crippen LogP contribution >= 0.6 is 0 Å². The molecule has 1 aliphatic heterocycles. The summed E-state index contributed by atoms with van der Waals surface area (Å²) < 4.78 is 24.0. The van der Waals surface area contributed by atoms with Gasteiger partial charge in [-0.2, -0.15) is 0 Å². The SMILES string of the molecule is C=CC(=O)N(C)c1ccc(C(=O)Nc2ccc3c(c2)S(=O)(=O)CC3)cc1. The molecule has 1 N–H and O–H groups in total. The van der Waals surface area contributed by atoms with E-state index in [1.807, 2.05) is 0 Å². The third kappa shape index (κ3) is 3.39. The number of hydrogen-bond acceptors (Lipinski definition) is 4. The number of aryl methyl sites for hydroxylation is 1. The lowest BCUT2D eigenvalue weighted by atomic mass is 10.1. The molecule has 2 aromatic carbocycles. The molecular formula is C19H18N2O4S. The summed E-state index contributed by atoms with van der Waals surface area (Å²) in [5.41, 5.74) is 2.25. The first-order chi connectivity index (χ1) is 12.3. The maximum Gasteiger partial charge on any atom is 0.255 e. The number of carbonyl (C=O) groups excluding carboxylic acids is 2. The second-order valence-electron chi connectivity index (χ2n) is 5.99. The Labute approximate surface area is 152 Å². The zero-order chi connectivity index (χ0) is 18.9. The number of anilines is 2. The summed E-state index contributed by atoms with van der Waals surface area (Å²) in [6, 6.07) is 11.4. The number of likely N-dealkylation sites (N-methyl/N-ethyl adjacent to an activating group) is 1. The molecule has 0 fully saturated rings. The zero-order valence-corrected chi connectivity index (χ0v) is 15.0. The van der Waals surface area contributed by atoms with Gasteiger partial charge in [0.1, 0.15) is 0 Å². The first kappa shape index (κ1) is 17.9. The molecule has 26 heavy (non-hydrogen) atoms. The van der Waals surface area contributed by atoms with Crippen LogP contribution in [0, 0.1) is 0 Å². The average molecular weight is 370 g/mol. The van der Waals surface area contributed by atoms with Crippen LogP contribution in [0.4, 0.5) is 11.4 Å². The van der Waals surface area contributed by atoms with Gasteiger partial charge in [-0.1, -0.05) is 12.6 Å². The highest BCUT2D eigenvalue weighted by molar-refractivity contribution is 7.91. The Morgan fingerprint density at radius 1 is 1.15 bits per heavy atom. The Kier molecular flexibility index (Phi) is 4.65. The Bertz CT molecular complexity index is 995. The molecule has 134 valence electrons. The molecule has 0 saturated heterocycles. The molecule has 2 amide bonds. The van der Waals surface area contributed by atoms with Crippen LogP contribution in [0.2, 0.25) is 0 Å². The van der Waals surface area contributed by atoms with Gasteiger partial charge < -0.3 is 10.2 Å². The molecule has 0 atom stereocenters. The lowest BCUT2D eigenvalue weighted by Crippen LogP contribution is -2.23. The average Bonchev–Trinajstić information content (AvgIpc) is 2.95. The summed E-state index contributed by atoms with van der Waals surface area (Å²) in [5.74, 6) is -0.496. The summed E-state index contributed by atoms with van der Waals surface area (Å²) in [6.45, 7) is 3.44. The third-order valence-corrected chi connectivity index (χ3v) is 6.11. The van der Waals surface area contributed by atoms with Crippen molar-refractivity contribution in [3.63, 3.8) is 0 Å². The number of hydrogen-bond donors (Lipinski definition) is 1. The molecule has 0 unspecified atom stereocenters. The van der Waals surface area contributed by atoms with Crippen molar-refractivity contribution in [2.24, 2.45) is 0 Å². The van der Waals surface area contributed by atoms with E-state index in [1.165, 1.54) is 17.0 Å². The van der Waals surface area contributed by atoms with E-state index < -0.39 is 9.84 Å². The van der Waals surface area contributed by atoms with Crippen molar-refractivity contribution < 1.29 is 18.0 Å². The Morgan fingerprint density at radius 2 is 1.85 bits per heavy atom. The van der Waals surface area contributed by atoms with Crippen molar-refractivity contribution in [3.05, 3.63) is 66.2 Å². The fraction of sp³-hybridized carbons (Fsp3) is 0.158. The van der Waals surface area contributed by atoms with Crippen molar-refractivity contribution in [2.75, 3.05) is 23.0 Å². The molecule has 0 aliphatic carbocycles. The third-order valence-electron chi connectivity index (χ3n) is 4.32. The number of fused-ring (bicyclic) bond motifs is 1. The molecule has 7 heteroatoms. The maximum absolute atomic E-state index is 12.4. The molecule has 0 bridgehead atoms. The van der Waals surface area contributed by atoms with Gasteiger partial charge in [0.25, 0.3) is 5.91 Å². The standard InChI is InChI=1S/C19H18N2O4S/c1-3-18(22)21(2)16-8-5-14(6-9-16)19(23)20-15-7-4-13-10-11-26(24,25)17(13)12-15/h3-9,12H,1,10-11H2,2H3,(H,20,23). The Hall–Kier alpha value is -2.93. The summed E-state index contributed by atoms with van der Waals surface area (Å²) in [6.07, 6.45) is 1.72. The van der Waals surface area contributed by atoms with Gasteiger partial charge in [-0.25, -0.2) is 8.42 Å². The van der Waals surface area contributed by atoms with Crippen molar-refractivity contribution in [1.82, 2.24) is 0 Å². The predicted octanol–water partition coefficient (Wildman–Crippen LogP) is 2.42. The van der Waals surface area contributed by atoms with Gasteiger partial charge in [0.2, 0.25) is 5.91 Å². The molecule has 2 aromatic rings. The Balaban J connectivity index is 1.77. The van der Waals surface area contributed by atoms with Crippen molar-refractivity contribution >= 4 is 33.0 Å². The van der Waals surface area contributed by atoms with Crippen molar-refractivity contribution in [1.29, 1.82) is 0 Å². The van der Waals surface area contributed by atoms with Gasteiger partial charge in [0.15, 0.2) is 9.84 Å². The van der Waals surface area contributed by atoms with Crippen molar-refractivity contribution in [3.8, 4) is 0 Å². The summed E-state index contributed by atoms with van der Waals surface area (Å²) in [7, 11) is -1.64. The zero-order valence-electron chi connectivity index (χ0n) is 14.2. The molecule has 0 spiro atoms. The van der Waals surface area contributed by atoms with Crippen LogP contribution in [0.3, 0.4) is 0 Å². The van der Waals surface area contributed by atoms with E-state index in [1.54, 1.807) is 43.4 Å². The molecule has 6 nitrogen and oxygen atoms in total. The van der Waals surface area contributed by atoms with Gasteiger partial charge in [-0.15, -0.1) is 0 Å². The number of sulfone groups is 1. The molecule has 1 aliphatic rings. The fourth-order valence-electron chi connectivity index (χ4n) is 2.79. The predicted molar refractivity (Wildman–Crippen MR) is 100 cm³/mol. The van der Waals surface area contributed by atoms with E-state index in [2.05, 4.69) is 11.9 Å². The van der Waals surface area contributed by atoms with E-state index in [4.69, 9.17) is 0 Å². The highest BCUT2D eigenvalue weighted by atomic mass is 32.2. The van der Waals surface area contributed by atoms with Gasteiger partial charge in [-0.05, 0) is 54.5 Å². The fourth-order valence-corrected chi connectivity index (χ4v) is 4.37. The van der Waals surface area contributed by atoms with Crippen LogP contribution in [0.1, 0.15) is 15.9 Å². The number of nitrogens with one attached hydrogen (secondary N) is 1. The van der Waals surface area contributed by atoms with Crippen LogP contribution < -0.4 is 10.2 Å². The van der Waals surface area contributed by atoms with Gasteiger partial charge in [0.05, 0.1) is 10.6 Å². The van der Waals surface area contributed by atoms with E-state index in [9.17, 15) is 18.0 Å². The number of nitrogens with zero attached hydrogens (tertiary/aromatic N) is 1. The number of amides is 2. The summed E-state index contributed by atoms with van der Waals surface area (Å²) >= 11 is 0. The summed E-state index contributed by atoms with van der Waals surface area (Å²) in [4.78, 5) is 25.7. The van der Waals surface area contributed by atoms with Gasteiger partial charge in [-0.3, -0.25) is 9.59 Å². The second-order valence-corrected chi connectivity index (χ2v) is 8.07. The largest absolute Gasteiger partial charge is 0.322 e. The minimum absolute atomic E-state index is 0.109. The lowest BCUT2D eigenvalue weighted by Gasteiger charge is -2.15. The van der Waals surface area contributed by atoms with Crippen LogP contribution in [-0.4, -0.2) is 33.0 Å². The molecular weight excluding hydrogens is 352 g/mol. The van der Waals surface area contributed by atoms with E-state index in [0.717, 1.165) is 5.56 Å². The lowest BCUT2D eigenvalue weighted by molar-refractivity contribution is -0.113. The van der Waals surface area contributed by atoms with Crippen molar-refractivity contribution in [2.45, 2.75) is 11.3 Å². The highest BCUT2D eigenvalue weighted by Gasteiger charge is 2.26. The quantitative estimate of drug-likeness (QED) is 0.838. The second kappa shape index (κ2) is 6.76. The smallest absolute Gasteiger partial charge is 0.255 e. The maximum atomic E-state index is 12.4. The first-order valence-electron chi connectivity index (χ1n) is 7.99. The minimum atomic E-state index is -3.25. The molecule has 0 saturated carbocycles. The van der Waals surface area contributed by atoms with Gasteiger partial charge in [0, 0.05) is 24.0 Å². The molecule has 0 aromatic heterocycles. The topological polar surface area (TPSA) is 83.6 Å². The normalized spacial score (nSPS) is 14.3. The van der Waals surface area contributed by atoms with Crippen LogP contribution in [0.25, 0.3) is 0 Å². The number of carbonyl (C=O) groups is 2. The molecule has 1 heterocycles. The van der Waals surface area contributed by atoms with Crippen LogP contribution in [0.15, 0.2) is 60.0 Å².